The summed E-state index contributed by atoms with van der Waals surface area (Å²) in [6.45, 7) is 6.96. The van der Waals surface area contributed by atoms with Gasteiger partial charge in [-0.1, -0.05) is 30.3 Å². The fourth-order valence-electron chi connectivity index (χ4n) is 2.48. The molecule has 0 aliphatic rings. The summed E-state index contributed by atoms with van der Waals surface area (Å²) < 4.78 is 0. The molecule has 0 saturated carbocycles. The highest BCUT2D eigenvalue weighted by molar-refractivity contribution is 5.89. The fraction of sp³-hybridized carbons (Fsp3) is 0.316. The first-order valence-corrected chi connectivity index (χ1v) is 8.16. The Morgan fingerprint density at radius 2 is 1.61 bits per heavy atom. The van der Waals surface area contributed by atoms with Gasteiger partial charge in [0.1, 0.15) is 0 Å². The van der Waals surface area contributed by atoms with Gasteiger partial charge in [-0.25, -0.2) is 4.79 Å². The number of carbonyl (C=O) groups excluding carboxylic acids is 1. The van der Waals surface area contributed by atoms with Crippen LogP contribution < -0.4 is 15.5 Å². The summed E-state index contributed by atoms with van der Waals surface area (Å²) in [6.07, 6.45) is 0.820. The third kappa shape index (κ3) is 5.33. The number of hydrogen-bond donors (Lipinski definition) is 2. The molecule has 4 heteroatoms. The summed E-state index contributed by atoms with van der Waals surface area (Å²) in [5, 5.41) is 5.69. The maximum Gasteiger partial charge on any atom is 0.319 e. The Bertz CT molecular complexity index is 592. The van der Waals surface area contributed by atoms with E-state index in [1.165, 1.54) is 11.3 Å². The summed E-state index contributed by atoms with van der Waals surface area (Å²) in [6, 6.07) is 17.8. The number of nitrogens with one attached hydrogen (secondary N) is 2. The Hall–Kier alpha value is -2.49. The second-order valence-corrected chi connectivity index (χ2v) is 5.34. The normalized spacial score (nSPS) is 10.2. The molecule has 0 aliphatic carbocycles. The highest BCUT2D eigenvalue weighted by Crippen LogP contribution is 2.15. The van der Waals surface area contributed by atoms with E-state index in [2.05, 4.69) is 53.6 Å². The highest BCUT2D eigenvalue weighted by Gasteiger charge is 2.03. The van der Waals surface area contributed by atoms with E-state index in [4.69, 9.17) is 0 Å². The van der Waals surface area contributed by atoms with Crippen LogP contribution in [0.4, 0.5) is 16.2 Å². The molecule has 23 heavy (non-hydrogen) atoms. The fourth-order valence-corrected chi connectivity index (χ4v) is 2.48. The first-order chi connectivity index (χ1) is 11.2. The number of benzene rings is 2. The molecule has 0 spiro atoms. The van der Waals surface area contributed by atoms with Crippen LogP contribution in [0, 0.1) is 0 Å². The van der Waals surface area contributed by atoms with Crippen LogP contribution in [0.2, 0.25) is 0 Å². The predicted molar refractivity (Wildman–Crippen MR) is 97.2 cm³/mol. The van der Waals surface area contributed by atoms with Crippen molar-refractivity contribution in [2.45, 2.75) is 20.3 Å². The van der Waals surface area contributed by atoms with Gasteiger partial charge in [-0.3, -0.25) is 0 Å². The average molecular weight is 311 g/mol. The van der Waals surface area contributed by atoms with Crippen LogP contribution in [0.25, 0.3) is 0 Å². The van der Waals surface area contributed by atoms with Crippen molar-refractivity contribution < 1.29 is 4.79 Å². The zero-order valence-electron chi connectivity index (χ0n) is 13.9. The van der Waals surface area contributed by atoms with Gasteiger partial charge in [-0.2, -0.15) is 0 Å². The molecule has 2 aromatic rings. The van der Waals surface area contributed by atoms with Crippen molar-refractivity contribution in [3.8, 4) is 0 Å². The van der Waals surface area contributed by atoms with E-state index < -0.39 is 0 Å². The SMILES string of the molecule is CCN(CC)c1ccc(CCNC(=O)Nc2ccccc2)cc1. The van der Waals surface area contributed by atoms with Gasteiger partial charge < -0.3 is 15.5 Å². The lowest BCUT2D eigenvalue weighted by Gasteiger charge is -2.21. The van der Waals surface area contributed by atoms with Gasteiger partial charge in [0.25, 0.3) is 0 Å². The Balaban J connectivity index is 1.76. The lowest BCUT2D eigenvalue weighted by molar-refractivity contribution is 0.252. The minimum atomic E-state index is -0.170. The number of rotatable bonds is 7. The molecule has 0 unspecified atom stereocenters. The molecule has 2 amide bonds. The Labute approximate surface area is 138 Å². The second kappa shape index (κ2) is 8.83. The molecule has 2 rings (SSSR count). The largest absolute Gasteiger partial charge is 0.372 e. The lowest BCUT2D eigenvalue weighted by atomic mass is 10.1. The van der Waals surface area contributed by atoms with E-state index in [0.717, 1.165) is 25.2 Å². The van der Waals surface area contributed by atoms with E-state index in [-0.39, 0.29) is 6.03 Å². The molecule has 4 nitrogen and oxygen atoms in total. The zero-order chi connectivity index (χ0) is 16.5. The van der Waals surface area contributed by atoms with Gasteiger partial charge in [-0.15, -0.1) is 0 Å². The zero-order valence-corrected chi connectivity index (χ0v) is 13.9. The molecule has 2 N–H and O–H groups in total. The molecule has 122 valence electrons. The number of anilines is 2. The number of hydrogen-bond acceptors (Lipinski definition) is 2. The lowest BCUT2D eigenvalue weighted by Crippen LogP contribution is -2.30. The molecule has 0 radical (unpaired) electrons. The van der Waals surface area contributed by atoms with Crippen molar-refractivity contribution in [3.05, 3.63) is 60.2 Å². The molecular weight excluding hydrogens is 286 g/mol. The predicted octanol–water partition coefficient (Wildman–Crippen LogP) is 3.90. The number of urea groups is 1. The van der Waals surface area contributed by atoms with Crippen LogP contribution in [-0.2, 0) is 6.42 Å². The van der Waals surface area contributed by atoms with E-state index in [0.29, 0.717) is 6.54 Å². The third-order valence-electron chi connectivity index (χ3n) is 3.80. The minimum absolute atomic E-state index is 0.170. The molecule has 0 atom stereocenters. The van der Waals surface area contributed by atoms with Crippen molar-refractivity contribution in [2.24, 2.45) is 0 Å². The number of amides is 2. The molecule has 0 bridgehead atoms. The third-order valence-corrected chi connectivity index (χ3v) is 3.80. The van der Waals surface area contributed by atoms with Crippen LogP contribution in [0.3, 0.4) is 0 Å². The van der Waals surface area contributed by atoms with Crippen LogP contribution >= 0.6 is 0 Å². The smallest absolute Gasteiger partial charge is 0.319 e. The summed E-state index contributed by atoms with van der Waals surface area (Å²) in [5.41, 5.74) is 3.27. The van der Waals surface area contributed by atoms with Gasteiger partial charge >= 0.3 is 6.03 Å². The summed E-state index contributed by atoms with van der Waals surface area (Å²) in [5.74, 6) is 0. The Morgan fingerprint density at radius 3 is 2.22 bits per heavy atom. The average Bonchev–Trinajstić information content (AvgIpc) is 2.58. The molecule has 0 aromatic heterocycles. The van der Waals surface area contributed by atoms with Crippen molar-refractivity contribution in [1.82, 2.24) is 5.32 Å². The molecule has 2 aromatic carbocycles. The number of nitrogens with zero attached hydrogens (tertiary/aromatic N) is 1. The van der Waals surface area contributed by atoms with E-state index in [1.807, 2.05) is 30.3 Å². The van der Waals surface area contributed by atoms with E-state index in [9.17, 15) is 4.79 Å². The maximum absolute atomic E-state index is 11.8. The van der Waals surface area contributed by atoms with Gasteiger partial charge in [0.15, 0.2) is 0 Å². The second-order valence-electron chi connectivity index (χ2n) is 5.34. The van der Waals surface area contributed by atoms with Gasteiger partial charge in [0, 0.05) is 31.0 Å². The Morgan fingerprint density at radius 1 is 0.957 bits per heavy atom. The van der Waals surface area contributed by atoms with Gasteiger partial charge in [0.2, 0.25) is 0 Å². The maximum atomic E-state index is 11.8. The van der Waals surface area contributed by atoms with E-state index in [1.54, 1.807) is 0 Å². The molecule has 0 saturated heterocycles. The summed E-state index contributed by atoms with van der Waals surface area (Å²) in [4.78, 5) is 14.1. The van der Waals surface area contributed by atoms with Crippen LogP contribution in [0.15, 0.2) is 54.6 Å². The van der Waals surface area contributed by atoms with Gasteiger partial charge in [-0.05, 0) is 50.1 Å². The number of para-hydroxylation sites is 1. The summed E-state index contributed by atoms with van der Waals surface area (Å²) in [7, 11) is 0. The topological polar surface area (TPSA) is 44.4 Å². The van der Waals surface area contributed by atoms with Crippen LogP contribution in [0.5, 0.6) is 0 Å². The minimum Gasteiger partial charge on any atom is -0.372 e. The monoisotopic (exact) mass is 311 g/mol. The summed E-state index contributed by atoms with van der Waals surface area (Å²) >= 11 is 0. The molecule has 0 aliphatic heterocycles. The molecular formula is C19H25N3O. The number of carbonyl (C=O) groups is 1. The van der Waals surface area contributed by atoms with Crippen molar-refractivity contribution >= 4 is 17.4 Å². The Kier molecular flexibility index (Phi) is 6.48. The van der Waals surface area contributed by atoms with Crippen molar-refractivity contribution in [2.75, 3.05) is 29.9 Å². The van der Waals surface area contributed by atoms with Crippen LogP contribution in [-0.4, -0.2) is 25.7 Å². The molecule has 0 heterocycles. The highest BCUT2D eigenvalue weighted by atomic mass is 16.2. The quantitative estimate of drug-likeness (QED) is 0.814. The first kappa shape index (κ1) is 16.9. The molecule has 0 fully saturated rings. The van der Waals surface area contributed by atoms with Crippen LogP contribution in [0.1, 0.15) is 19.4 Å². The van der Waals surface area contributed by atoms with Gasteiger partial charge in [0.05, 0.1) is 0 Å². The standard InChI is InChI=1S/C19H25N3O/c1-3-22(4-2)18-12-10-16(11-13-18)14-15-20-19(23)21-17-8-6-5-7-9-17/h5-13H,3-4,14-15H2,1-2H3,(H2,20,21,23). The van der Waals surface area contributed by atoms with E-state index >= 15 is 0 Å². The van der Waals surface area contributed by atoms with Crippen molar-refractivity contribution in [1.29, 1.82) is 0 Å². The van der Waals surface area contributed by atoms with Crippen molar-refractivity contribution in [3.63, 3.8) is 0 Å². The first-order valence-electron chi connectivity index (χ1n) is 8.16.